The minimum atomic E-state index is -0.696. The first-order valence-electron chi connectivity index (χ1n) is 12.7. The number of nitrogens with one attached hydrogen (secondary N) is 1. The Balaban J connectivity index is 0.000000484. The highest BCUT2D eigenvalue weighted by Crippen LogP contribution is 2.27. The SMILES string of the molecule is CC(=O)/C=C(/C)C(C)=O.Cc1ncsc1-c1ccc(CN[N+](=O)[C@@H]2C[C@@H](O)CN2C(=O)[C@@H](C)C(C)C)cc1. The van der Waals surface area contributed by atoms with Gasteiger partial charge in [-0.25, -0.2) is 4.98 Å². The fourth-order valence-corrected chi connectivity index (χ4v) is 4.65. The number of nitroso groups, excluding NO2 is 1. The molecule has 0 aliphatic carbocycles. The van der Waals surface area contributed by atoms with Crippen molar-refractivity contribution < 1.29 is 24.4 Å². The van der Waals surface area contributed by atoms with Gasteiger partial charge in [0.15, 0.2) is 11.6 Å². The van der Waals surface area contributed by atoms with Crippen LogP contribution in [0, 0.1) is 23.7 Å². The molecule has 1 saturated heterocycles. The van der Waals surface area contributed by atoms with Crippen LogP contribution in [0.4, 0.5) is 0 Å². The van der Waals surface area contributed by atoms with Crippen molar-refractivity contribution in [3.8, 4) is 10.4 Å². The Morgan fingerprint density at radius 1 is 1.18 bits per heavy atom. The summed E-state index contributed by atoms with van der Waals surface area (Å²) < 4.78 is 0. The van der Waals surface area contributed by atoms with Gasteiger partial charge in [-0.2, -0.15) is 0 Å². The molecular formula is C28H39N4O5S+. The number of carbonyl (C=O) groups is 3. The number of hydrogen-bond acceptors (Lipinski definition) is 7. The summed E-state index contributed by atoms with van der Waals surface area (Å²) in [6, 6.07) is 7.99. The molecule has 1 fully saturated rings. The van der Waals surface area contributed by atoms with Crippen LogP contribution in [0.3, 0.4) is 0 Å². The zero-order valence-electron chi connectivity index (χ0n) is 23.2. The van der Waals surface area contributed by atoms with Gasteiger partial charge in [0.2, 0.25) is 5.91 Å². The number of β-amino-alcohol motifs (C(OH)–C–C–N with tert-alkyl or cyclic N) is 1. The number of benzene rings is 1. The highest BCUT2D eigenvalue weighted by atomic mass is 32.1. The van der Waals surface area contributed by atoms with Crippen molar-refractivity contribution in [3.63, 3.8) is 0 Å². The molecular weight excluding hydrogens is 504 g/mol. The molecule has 9 nitrogen and oxygen atoms in total. The molecule has 0 unspecified atom stereocenters. The van der Waals surface area contributed by atoms with E-state index in [1.54, 1.807) is 18.3 Å². The van der Waals surface area contributed by atoms with E-state index in [1.807, 2.05) is 57.5 Å². The van der Waals surface area contributed by atoms with Crippen molar-refractivity contribution in [3.05, 3.63) is 57.6 Å². The van der Waals surface area contributed by atoms with Crippen LogP contribution in [0.5, 0.6) is 0 Å². The highest BCUT2D eigenvalue weighted by Gasteiger charge is 2.46. The second kappa shape index (κ2) is 14.1. The lowest BCUT2D eigenvalue weighted by Crippen LogP contribution is -2.48. The fraction of sp³-hybridized carbons (Fsp3) is 0.500. The Kier molecular flexibility index (Phi) is 11.5. The zero-order valence-corrected chi connectivity index (χ0v) is 24.0. The summed E-state index contributed by atoms with van der Waals surface area (Å²) >= 11 is 1.60. The number of thiazole rings is 1. The lowest BCUT2D eigenvalue weighted by atomic mass is 9.96. The summed E-state index contributed by atoms with van der Waals surface area (Å²) in [6.07, 6.45) is 0.209. The van der Waals surface area contributed by atoms with Gasteiger partial charge in [0.05, 0.1) is 46.6 Å². The Morgan fingerprint density at radius 3 is 2.29 bits per heavy atom. The van der Waals surface area contributed by atoms with Crippen molar-refractivity contribution in [1.82, 2.24) is 15.3 Å². The Hall–Kier alpha value is -3.24. The third kappa shape index (κ3) is 8.66. The van der Waals surface area contributed by atoms with Crippen molar-refractivity contribution >= 4 is 28.8 Å². The molecule has 38 heavy (non-hydrogen) atoms. The van der Waals surface area contributed by atoms with Gasteiger partial charge in [-0.15, -0.1) is 16.8 Å². The minimum Gasteiger partial charge on any atom is -0.391 e. The number of aryl methyl sites for hydroxylation is 1. The molecule has 2 aromatic rings. The number of Topliss-reactive ketones (excluding diaryl/α,β-unsaturated/α-hetero) is 1. The van der Waals surface area contributed by atoms with Crippen molar-refractivity contribution in [2.75, 3.05) is 6.54 Å². The topological polar surface area (TPSA) is 120 Å². The summed E-state index contributed by atoms with van der Waals surface area (Å²) in [4.78, 5) is 53.8. The van der Waals surface area contributed by atoms with E-state index < -0.39 is 12.3 Å². The summed E-state index contributed by atoms with van der Waals surface area (Å²) in [5.74, 6) is -0.241. The zero-order chi connectivity index (χ0) is 28.6. The lowest BCUT2D eigenvalue weighted by molar-refractivity contribution is -0.657. The first-order chi connectivity index (χ1) is 17.8. The van der Waals surface area contributed by atoms with Crippen molar-refractivity contribution in [2.24, 2.45) is 11.8 Å². The number of carbonyl (C=O) groups excluding carboxylic acids is 3. The monoisotopic (exact) mass is 543 g/mol. The molecule has 1 aromatic heterocycles. The number of hydrazine groups is 1. The smallest absolute Gasteiger partial charge is 0.313 e. The fourth-order valence-electron chi connectivity index (χ4n) is 3.83. The number of rotatable bonds is 9. The molecule has 1 amide bonds. The summed E-state index contributed by atoms with van der Waals surface area (Å²) in [5.41, 5.74) is 8.26. The number of ketones is 2. The number of allylic oxidation sites excluding steroid dienone is 2. The number of aliphatic hydroxyl groups excluding tert-OH is 1. The molecule has 1 aliphatic heterocycles. The Bertz CT molecular complexity index is 1170. The Labute approximate surface area is 228 Å². The maximum Gasteiger partial charge on any atom is 0.313 e. The molecule has 3 atom stereocenters. The van der Waals surface area contributed by atoms with Crippen LogP contribution in [0.15, 0.2) is 41.4 Å². The summed E-state index contributed by atoms with van der Waals surface area (Å²) in [7, 11) is 0. The van der Waals surface area contributed by atoms with E-state index in [-0.39, 0.29) is 42.3 Å². The largest absolute Gasteiger partial charge is 0.391 e. The van der Waals surface area contributed by atoms with Gasteiger partial charge in [-0.3, -0.25) is 19.3 Å². The average molecular weight is 544 g/mol. The van der Waals surface area contributed by atoms with Crippen LogP contribution < -0.4 is 5.43 Å². The summed E-state index contributed by atoms with van der Waals surface area (Å²) in [6.45, 7) is 12.8. The van der Waals surface area contributed by atoms with E-state index >= 15 is 0 Å². The first-order valence-corrected chi connectivity index (χ1v) is 13.6. The molecule has 2 N–H and O–H groups in total. The molecule has 3 rings (SSSR count). The lowest BCUT2D eigenvalue weighted by Gasteiger charge is -2.23. The van der Waals surface area contributed by atoms with Crippen LogP contribution in [0.1, 0.15) is 59.2 Å². The van der Waals surface area contributed by atoms with Crippen molar-refractivity contribution in [2.45, 2.75) is 73.7 Å². The predicted octanol–water partition coefficient (Wildman–Crippen LogP) is 4.22. The predicted molar refractivity (Wildman–Crippen MR) is 148 cm³/mol. The molecule has 0 saturated carbocycles. The van der Waals surface area contributed by atoms with Gasteiger partial charge in [0, 0.05) is 5.92 Å². The number of nitrogens with zero attached hydrogens (tertiary/aromatic N) is 3. The summed E-state index contributed by atoms with van der Waals surface area (Å²) in [5, 5.41) is 10.0. The van der Waals surface area contributed by atoms with E-state index in [2.05, 4.69) is 10.4 Å². The maximum absolute atomic E-state index is 12.7. The van der Waals surface area contributed by atoms with E-state index in [4.69, 9.17) is 0 Å². The first kappa shape index (κ1) is 31.0. The van der Waals surface area contributed by atoms with Gasteiger partial charge in [0.25, 0.3) is 0 Å². The van der Waals surface area contributed by atoms with Crippen LogP contribution in [0.2, 0.25) is 0 Å². The van der Waals surface area contributed by atoms with Crippen LogP contribution in [-0.4, -0.2) is 56.1 Å². The molecule has 10 heteroatoms. The molecule has 206 valence electrons. The number of likely N-dealkylation sites (tertiary alicyclic amines) is 1. The van der Waals surface area contributed by atoms with Crippen LogP contribution >= 0.6 is 11.3 Å². The van der Waals surface area contributed by atoms with Gasteiger partial charge in [0.1, 0.15) is 4.87 Å². The molecule has 0 bridgehead atoms. The molecule has 0 radical (unpaired) electrons. The average Bonchev–Trinajstić information content (AvgIpc) is 3.47. The Morgan fingerprint density at radius 2 is 1.82 bits per heavy atom. The third-order valence-corrected chi connectivity index (χ3v) is 7.55. The minimum absolute atomic E-state index is 0.0507. The van der Waals surface area contributed by atoms with Crippen LogP contribution in [-0.2, 0) is 20.9 Å². The van der Waals surface area contributed by atoms with E-state index in [9.17, 15) is 24.4 Å². The molecule has 1 aromatic carbocycles. The number of hydrogen-bond donors (Lipinski definition) is 2. The second-order valence-electron chi connectivity index (χ2n) is 10.0. The molecule has 1 aliphatic rings. The molecule has 2 heterocycles. The van der Waals surface area contributed by atoms with Gasteiger partial charge in [-0.05, 0) is 56.4 Å². The second-order valence-corrected chi connectivity index (χ2v) is 10.9. The van der Waals surface area contributed by atoms with E-state index in [0.29, 0.717) is 17.0 Å². The number of aliphatic hydroxyl groups is 1. The maximum atomic E-state index is 12.7. The standard InChI is InChI=1S/C21H29N4O3S.C7H10O2/c1-13(2)14(3)21(27)24-11-18(26)9-19(24)25(28)23-10-16-5-7-17(8-6-16)20-15(4)22-12-29-20;1-5(7(3)9)4-6(2)8/h5-8,12-14,18-19,26H,9-11H2,1-4H3,(H,23,28);4H,1-3H3/q+1;/b;5-4-/t14-,18+,19+;/m0./s1. The van der Waals surface area contributed by atoms with E-state index in [1.165, 1.54) is 24.8 Å². The van der Waals surface area contributed by atoms with E-state index in [0.717, 1.165) is 21.7 Å². The number of aromatic nitrogens is 1. The quantitative estimate of drug-likeness (QED) is 0.276. The molecule has 0 spiro atoms. The van der Waals surface area contributed by atoms with Crippen LogP contribution in [0.25, 0.3) is 10.4 Å². The van der Waals surface area contributed by atoms with Gasteiger partial charge >= 0.3 is 6.17 Å². The van der Waals surface area contributed by atoms with Gasteiger partial charge < -0.3 is 5.11 Å². The van der Waals surface area contributed by atoms with Crippen molar-refractivity contribution in [1.29, 1.82) is 0 Å². The normalized spacial score (nSPS) is 18.0. The highest BCUT2D eigenvalue weighted by molar-refractivity contribution is 7.13. The third-order valence-electron chi connectivity index (χ3n) is 6.57. The van der Waals surface area contributed by atoms with Gasteiger partial charge in [-0.1, -0.05) is 45.0 Å². The number of amides is 1.